The van der Waals surface area contributed by atoms with E-state index in [-0.39, 0.29) is 6.23 Å². The topological polar surface area (TPSA) is 35.2 Å². The molecule has 0 aliphatic heterocycles. The first-order valence-corrected chi connectivity index (χ1v) is 2.09. The lowest BCUT2D eigenvalue weighted by Gasteiger charge is -2.01. The lowest BCUT2D eigenvalue weighted by Crippen LogP contribution is -2.19. The van der Waals surface area contributed by atoms with E-state index in [4.69, 9.17) is 5.73 Å². The highest BCUT2D eigenvalue weighted by Gasteiger charge is 1.88. The fraction of sp³-hybridized carbons (Fsp3) is 1.00. The van der Waals surface area contributed by atoms with Gasteiger partial charge in [-0.15, -0.1) is 0 Å². The highest BCUT2D eigenvalue weighted by molar-refractivity contribution is 4.35. The van der Waals surface area contributed by atoms with Crippen molar-refractivity contribution in [3.63, 3.8) is 0 Å². The smallest absolute Gasteiger partial charge is 0.104 e. The minimum absolute atomic E-state index is 0.0648. The van der Waals surface area contributed by atoms with Gasteiger partial charge in [0.2, 0.25) is 0 Å². The SMILES string of the molecule is CC[C@H](N)OC. The van der Waals surface area contributed by atoms with Gasteiger partial charge in [-0.1, -0.05) is 6.92 Å². The van der Waals surface area contributed by atoms with Crippen molar-refractivity contribution in [3.8, 4) is 0 Å². The fourth-order valence-electron chi connectivity index (χ4n) is 0.167. The Morgan fingerprint density at radius 3 is 2.33 bits per heavy atom. The molecule has 0 saturated carbocycles. The molecule has 0 aromatic carbocycles. The predicted molar refractivity (Wildman–Crippen MR) is 25.3 cm³/mol. The van der Waals surface area contributed by atoms with Gasteiger partial charge in [0.25, 0.3) is 0 Å². The Hall–Kier alpha value is -0.0800. The molecule has 1 atom stereocenters. The molecule has 2 nitrogen and oxygen atoms in total. The third kappa shape index (κ3) is 2.18. The maximum Gasteiger partial charge on any atom is 0.104 e. The Morgan fingerprint density at radius 1 is 1.83 bits per heavy atom. The second kappa shape index (κ2) is 3.12. The first-order valence-electron chi connectivity index (χ1n) is 2.09. The van der Waals surface area contributed by atoms with Gasteiger partial charge in [-0.3, -0.25) is 0 Å². The number of rotatable bonds is 2. The quantitative estimate of drug-likeness (QED) is 0.495. The average molecular weight is 89.1 g/mol. The molecule has 0 unspecified atom stereocenters. The molecule has 0 aromatic heterocycles. The Morgan fingerprint density at radius 2 is 2.33 bits per heavy atom. The third-order valence-electron chi connectivity index (χ3n) is 0.705. The molecule has 0 fully saturated rings. The third-order valence-corrected chi connectivity index (χ3v) is 0.705. The van der Waals surface area contributed by atoms with Gasteiger partial charge in [0, 0.05) is 7.11 Å². The number of hydrogen-bond acceptors (Lipinski definition) is 2. The minimum Gasteiger partial charge on any atom is -0.367 e. The Balaban J connectivity index is 2.75. The van der Waals surface area contributed by atoms with Crippen LogP contribution < -0.4 is 5.73 Å². The van der Waals surface area contributed by atoms with Gasteiger partial charge < -0.3 is 10.5 Å². The Labute approximate surface area is 38.3 Å². The van der Waals surface area contributed by atoms with Crippen LogP contribution in [0.1, 0.15) is 13.3 Å². The van der Waals surface area contributed by atoms with E-state index < -0.39 is 0 Å². The molecule has 0 saturated heterocycles. The van der Waals surface area contributed by atoms with Crippen LogP contribution in [0.4, 0.5) is 0 Å². The zero-order valence-electron chi connectivity index (χ0n) is 4.27. The summed E-state index contributed by atoms with van der Waals surface area (Å²) in [6.07, 6.45) is 0.821. The van der Waals surface area contributed by atoms with Crippen LogP contribution in [-0.4, -0.2) is 13.3 Å². The van der Waals surface area contributed by atoms with Crippen LogP contribution in [-0.2, 0) is 4.74 Å². The van der Waals surface area contributed by atoms with Gasteiger partial charge in [0.1, 0.15) is 6.23 Å². The molecule has 2 heteroatoms. The summed E-state index contributed by atoms with van der Waals surface area (Å²) in [7, 11) is 1.61. The summed E-state index contributed by atoms with van der Waals surface area (Å²) in [6.45, 7) is 1.98. The molecule has 0 rings (SSSR count). The van der Waals surface area contributed by atoms with Gasteiger partial charge in [0.05, 0.1) is 0 Å². The second-order valence-corrected chi connectivity index (χ2v) is 1.18. The molecular weight excluding hydrogens is 78.0 g/mol. The first kappa shape index (κ1) is 5.92. The molecule has 0 bridgehead atoms. The van der Waals surface area contributed by atoms with Crippen molar-refractivity contribution >= 4 is 0 Å². The maximum atomic E-state index is 5.25. The van der Waals surface area contributed by atoms with Crippen LogP contribution in [0, 0.1) is 0 Å². The molecule has 0 radical (unpaired) electrons. The van der Waals surface area contributed by atoms with E-state index in [1.807, 2.05) is 6.92 Å². The van der Waals surface area contributed by atoms with E-state index in [1.54, 1.807) is 7.11 Å². The standard InChI is InChI=1S/C4H11NO/c1-3-4(5)6-2/h4H,3,5H2,1-2H3/t4-/m1/s1. The van der Waals surface area contributed by atoms with Crippen LogP contribution in [0.5, 0.6) is 0 Å². The molecule has 0 aliphatic carbocycles. The van der Waals surface area contributed by atoms with Crippen molar-refractivity contribution in [2.45, 2.75) is 19.6 Å². The van der Waals surface area contributed by atoms with Crippen molar-refractivity contribution in [3.05, 3.63) is 0 Å². The van der Waals surface area contributed by atoms with Crippen molar-refractivity contribution in [2.24, 2.45) is 5.73 Å². The van der Waals surface area contributed by atoms with Gasteiger partial charge in [-0.2, -0.15) is 0 Å². The van der Waals surface area contributed by atoms with E-state index in [0.717, 1.165) is 6.42 Å². The number of ether oxygens (including phenoxy) is 1. The summed E-state index contributed by atoms with van der Waals surface area (Å²) in [5.74, 6) is 0. The van der Waals surface area contributed by atoms with Crippen molar-refractivity contribution in [1.29, 1.82) is 0 Å². The summed E-state index contributed by atoms with van der Waals surface area (Å²) < 4.78 is 4.68. The molecule has 0 amide bonds. The van der Waals surface area contributed by atoms with Crippen LogP contribution in [0.2, 0.25) is 0 Å². The Kier molecular flexibility index (Phi) is 3.08. The van der Waals surface area contributed by atoms with Crippen molar-refractivity contribution < 1.29 is 4.74 Å². The summed E-state index contributed by atoms with van der Waals surface area (Å²) >= 11 is 0. The van der Waals surface area contributed by atoms with Crippen LogP contribution in [0.25, 0.3) is 0 Å². The summed E-state index contributed by atoms with van der Waals surface area (Å²) in [4.78, 5) is 0. The van der Waals surface area contributed by atoms with Gasteiger partial charge in [0.15, 0.2) is 0 Å². The van der Waals surface area contributed by atoms with Crippen molar-refractivity contribution in [2.75, 3.05) is 7.11 Å². The van der Waals surface area contributed by atoms with Crippen LogP contribution in [0.15, 0.2) is 0 Å². The highest BCUT2D eigenvalue weighted by Crippen LogP contribution is 1.81. The van der Waals surface area contributed by atoms with Gasteiger partial charge in [-0.05, 0) is 6.42 Å². The normalized spacial score (nSPS) is 14.5. The van der Waals surface area contributed by atoms with Crippen LogP contribution in [0.3, 0.4) is 0 Å². The molecule has 0 heterocycles. The first-order chi connectivity index (χ1) is 2.81. The number of methoxy groups -OCH3 is 1. The zero-order chi connectivity index (χ0) is 4.99. The van der Waals surface area contributed by atoms with E-state index in [9.17, 15) is 0 Å². The minimum atomic E-state index is -0.0648. The maximum absolute atomic E-state index is 5.25. The van der Waals surface area contributed by atoms with Crippen molar-refractivity contribution in [1.82, 2.24) is 0 Å². The molecule has 2 N–H and O–H groups in total. The highest BCUT2D eigenvalue weighted by atomic mass is 16.5. The predicted octanol–water partition coefficient (Wildman–Crippen LogP) is 0.328. The number of hydrogen-bond donors (Lipinski definition) is 1. The van der Waals surface area contributed by atoms with Gasteiger partial charge in [-0.25, -0.2) is 0 Å². The molecular formula is C4H11NO. The zero-order valence-corrected chi connectivity index (χ0v) is 4.27. The second-order valence-electron chi connectivity index (χ2n) is 1.18. The van der Waals surface area contributed by atoms with E-state index in [0.29, 0.717) is 0 Å². The molecule has 38 valence electrons. The summed E-state index contributed by atoms with van der Waals surface area (Å²) in [5, 5.41) is 0. The largest absolute Gasteiger partial charge is 0.367 e. The molecule has 6 heavy (non-hydrogen) atoms. The number of nitrogens with two attached hydrogens (primary N) is 1. The molecule has 0 aliphatic rings. The van der Waals surface area contributed by atoms with E-state index in [2.05, 4.69) is 4.74 Å². The van der Waals surface area contributed by atoms with Crippen LogP contribution >= 0.6 is 0 Å². The molecule has 0 spiro atoms. The van der Waals surface area contributed by atoms with E-state index >= 15 is 0 Å². The lowest BCUT2D eigenvalue weighted by molar-refractivity contribution is 0.105. The Bertz CT molecular complexity index is 26.7. The van der Waals surface area contributed by atoms with Gasteiger partial charge >= 0.3 is 0 Å². The molecule has 0 aromatic rings. The fourth-order valence-corrected chi connectivity index (χ4v) is 0.167. The summed E-state index contributed by atoms with van der Waals surface area (Å²) in [5.41, 5.74) is 5.25. The lowest BCUT2D eigenvalue weighted by atomic mass is 10.4. The van der Waals surface area contributed by atoms with E-state index in [1.165, 1.54) is 0 Å². The summed E-state index contributed by atoms with van der Waals surface area (Å²) in [6, 6.07) is 0. The monoisotopic (exact) mass is 89.1 g/mol. The average Bonchev–Trinajstić information content (AvgIpc) is 1.65.